The molecular formula is C41H72O4. The van der Waals surface area contributed by atoms with E-state index in [1.54, 1.807) is 0 Å². The van der Waals surface area contributed by atoms with Crippen molar-refractivity contribution in [2.75, 3.05) is 14.2 Å². The fourth-order valence-corrected chi connectivity index (χ4v) is 5.84. The summed E-state index contributed by atoms with van der Waals surface area (Å²) in [5, 5.41) is 0. The molecule has 0 amide bonds. The highest BCUT2D eigenvalue weighted by molar-refractivity contribution is 5.99. The molecule has 0 spiro atoms. The quantitative estimate of drug-likeness (QED) is 0.0322. The summed E-state index contributed by atoms with van der Waals surface area (Å²) in [6.45, 7) is 4.49. The van der Waals surface area contributed by atoms with Gasteiger partial charge in [-0.2, -0.15) is 0 Å². The van der Waals surface area contributed by atoms with Crippen molar-refractivity contribution in [3.05, 3.63) is 48.6 Å². The van der Waals surface area contributed by atoms with E-state index in [2.05, 4.69) is 62.5 Å². The Bertz CT molecular complexity index is 725. The van der Waals surface area contributed by atoms with Gasteiger partial charge in [-0.3, -0.25) is 9.59 Å². The zero-order valence-corrected chi connectivity index (χ0v) is 30.1. The van der Waals surface area contributed by atoms with Crippen LogP contribution in [0.1, 0.15) is 181 Å². The maximum Gasteiger partial charge on any atom is 0.323 e. The molecule has 0 N–H and O–H groups in total. The number of unbranched alkanes of at least 4 members (excludes halogenated alkanes) is 18. The lowest BCUT2D eigenvalue weighted by atomic mass is 9.77. The Morgan fingerprint density at radius 3 is 1.02 bits per heavy atom. The van der Waals surface area contributed by atoms with Gasteiger partial charge in [-0.1, -0.05) is 152 Å². The predicted octanol–water partition coefficient (Wildman–Crippen LogP) is 12.7. The van der Waals surface area contributed by atoms with Gasteiger partial charge in [0, 0.05) is 0 Å². The SMILES string of the molecule is CCCCCC=CCC=CCCCCCCCCC(CCCCCCCCC=CCC=CCCCCC)(C(=O)OC)C(=O)OC. The van der Waals surface area contributed by atoms with E-state index in [1.165, 1.54) is 104 Å². The van der Waals surface area contributed by atoms with Crippen LogP contribution in [-0.2, 0) is 19.1 Å². The first kappa shape index (κ1) is 42.9. The third-order valence-electron chi connectivity index (χ3n) is 8.76. The number of carbonyl (C=O) groups is 2. The molecule has 4 nitrogen and oxygen atoms in total. The first-order valence-electron chi connectivity index (χ1n) is 18.9. The fourth-order valence-electron chi connectivity index (χ4n) is 5.84. The van der Waals surface area contributed by atoms with Crippen LogP contribution in [0.25, 0.3) is 0 Å². The normalized spacial score (nSPS) is 12.4. The maximum absolute atomic E-state index is 12.9. The monoisotopic (exact) mass is 629 g/mol. The molecule has 45 heavy (non-hydrogen) atoms. The van der Waals surface area contributed by atoms with Crippen molar-refractivity contribution < 1.29 is 19.1 Å². The lowest BCUT2D eigenvalue weighted by Gasteiger charge is -2.28. The number of ether oxygens (including phenoxy) is 2. The second-order valence-electron chi connectivity index (χ2n) is 12.7. The van der Waals surface area contributed by atoms with Crippen molar-refractivity contribution >= 4 is 11.9 Å². The molecular weight excluding hydrogens is 556 g/mol. The maximum atomic E-state index is 12.9. The van der Waals surface area contributed by atoms with E-state index in [1.807, 2.05) is 0 Å². The van der Waals surface area contributed by atoms with Crippen LogP contribution in [0, 0.1) is 5.41 Å². The highest BCUT2D eigenvalue weighted by Crippen LogP contribution is 2.35. The molecule has 0 saturated heterocycles. The summed E-state index contributed by atoms with van der Waals surface area (Å²) in [5.74, 6) is -0.862. The second kappa shape index (κ2) is 33.3. The van der Waals surface area contributed by atoms with Gasteiger partial charge < -0.3 is 9.47 Å². The summed E-state index contributed by atoms with van der Waals surface area (Å²) in [5.41, 5.74) is -1.16. The van der Waals surface area contributed by atoms with Gasteiger partial charge in [-0.05, 0) is 77.0 Å². The van der Waals surface area contributed by atoms with Crippen LogP contribution in [0.2, 0.25) is 0 Å². The first-order chi connectivity index (χ1) is 22.1. The molecule has 0 atom stereocenters. The van der Waals surface area contributed by atoms with E-state index in [4.69, 9.17) is 9.47 Å². The molecule has 0 aromatic rings. The van der Waals surface area contributed by atoms with Gasteiger partial charge in [0.25, 0.3) is 0 Å². The summed E-state index contributed by atoms with van der Waals surface area (Å²) < 4.78 is 10.3. The lowest BCUT2D eigenvalue weighted by molar-refractivity contribution is -0.170. The number of methoxy groups -OCH3 is 2. The molecule has 260 valence electrons. The van der Waals surface area contributed by atoms with E-state index in [0.717, 1.165) is 64.2 Å². The summed E-state index contributed by atoms with van der Waals surface area (Å²) in [4.78, 5) is 25.7. The second-order valence-corrected chi connectivity index (χ2v) is 12.7. The van der Waals surface area contributed by atoms with E-state index in [9.17, 15) is 9.59 Å². The van der Waals surface area contributed by atoms with Gasteiger partial charge in [-0.25, -0.2) is 0 Å². The Balaban J connectivity index is 4.18. The Morgan fingerprint density at radius 2 is 0.711 bits per heavy atom. The molecule has 0 aliphatic carbocycles. The van der Waals surface area contributed by atoms with Crippen molar-refractivity contribution in [2.45, 2.75) is 181 Å². The minimum atomic E-state index is -1.16. The van der Waals surface area contributed by atoms with Crippen molar-refractivity contribution in [1.29, 1.82) is 0 Å². The highest BCUT2D eigenvalue weighted by atomic mass is 16.5. The number of esters is 2. The van der Waals surface area contributed by atoms with Gasteiger partial charge in [0.1, 0.15) is 0 Å². The molecule has 0 unspecified atom stereocenters. The minimum Gasteiger partial charge on any atom is -0.468 e. The van der Waals surface area contributed by atoms with Crippen LogP contribution < -0.4 is 0 Å². The van der Waals surface area contributed by atoms with E-state index in [-0.39, 0.29) is 0 Å². The molecule has 0 rings (SSSR count). The van der Waals surface area contributed by atoms with E-state index >= 15 is 0 Å². The molecule has 0 fully saturated rings. The molecule has 0 radical (unpaired) electrons. The zero-order valence-electron chi connectivity index (χ0n) is 30.1. The Labute approximate surface area is 279 Å². The number of rotatable bonds is 32. The van der Waals surface area contributed by atoms with Crippen LogP contribution in [0.15, 0.2) is 48.6 Å². The van der Waals surface area contributed by atoms with Gasteiger partial charge in [0.15, 0.2) is 5.41 Å². The van der Waals surface area contributed by atoms with Gasteiger partial charge in [-0.15, -0.1) is 0 Å². The number of hydrogen-bond donors (Lipinski definition) is 0. The van der Waals surface area contributed by atoms with Gasteiger partial charge >= 0.3 is 11.9 Å². The smallest absolute Gasteiger partial charge is 0.323 e. The van der Waals surface area contributed by atoms with E-state index < -0.39 is 17.4 Å². The minimum absolute atomic E-state index is 0.431. The standard InChI is InChI=1S/C41H72O4/c1-5-7-9-11-13-15-17-19-21-23-25-27-29-31-33-35-37-41(39(42)44-3,40(43)45-4)38-36-34-32-30-28-26-24-22-20-18-16-14-12-10-8-6-2/h13-16,19-22H,5-12,17-18,23-38H2,1-4H3. The molecule has 0 aromatic heterocycles. The van der Waals surface area contributed by atoms with Crippen LogP contribution in [0.4, 0.5) is 0 Å². The number of hydrogen-bond acceptors (Lipinski definition) is 4. The lowest BCUT2D eigenvalue weighted by Crippen LogP contribution is -2.41. The molecule has 4 heteroatoms. The van der Waals surface area contributed by atoms with Crippen molar-refractivity contribution in [1.82, 2.24) is 0 Å². The van der Waals surface area contributed by atoms with Crippen molar-refractivity contribution in [3.8, 4) is 0 Å². The topological polar surface area (TPSA) is 52.6 Å². The van der Waals surface area contributed by atoms with Crippen molar-refractivity contribution in [2.24, 2.45) is 5.41 Å². The molecule has 0 saturated carbocycles. The van der Waals surface area contributed by atoms with Crippen LogP contribution >= 0.6 is 0 Å². The zero-order chi connectivity index (χ0) is 33.1. The first-order valence-corrected chi connectivity index (χ1v) is 18.9. The molecule has 0 heterocycles. The fraction of sp³-hybridized carbons (Fsp3) is 0.756. The Morgan fingerprint density at radius 1 is 0.422 bits per heavy atom. The van der Waals surface area contributed by atoms with Crippen LogP contribution in [0.5, 0.6) is 0 Å². The summed E-state index contributed by atoms with van der Waals surface area (Å²) in [6.07, 6.45) is 47.3. The largest absolute Gasteiger partial charge is 0.468 e. The predicted molar refractivity (Wildman–Crippen MR) is 194 cm³/mol. The summed E-state index contributed by atoms with van der Waals surface area (Å²) in [6, 6.07) is 0. The highest BCUT2D eigenvalue weighted by Gasteiger charge is 2.47. The van der Waals surface area contributed by atoms with Gasteiger partial charge in [0.05, 0.1) is 14.2 Å². The van der Waals surface area contributed by atoms with Crippen LogP contribution in [0.3, 0.4) is 0 Å². The third-order valence-corrected chi connectivity index (χ3v) is 8.76. The average molecular weight is 629 g/mol. The number of allylic oxidation sites excluding steroid dienone is 8. The summed E-state index contributed by atoms with van der Waals surface area (Å²) >= 11 is 0. The Kier molecular flexibility index (Phi) is 31.7. The molecule has 0 bridgehead atoms. The Hall–Kier alpha value is -2.10. The van der Waals surface area contributed by atoms with Crippen LogP contribution in [-0.4, -0.2) is 26.2 Å². The third kappa shape index (κ3) is 24.8. The average Bonchev–Trinajstić information content (AvgIpc) is 3.06. The summed E-state index contributed by atoms with van der Waals surface area (Å²) in [7, 11) is 2.77. The molecule has 0 aliphatic heterocycles. The molecule has 0 aliphatic rings. The number of carbonyl (C=O) groups excluding carboxylic acids is 2. The van der Waals surface area contributed by atoms with Gasteiger partial charge in [0.2, 0.25) is 0 Å². The van der Waals surface area contributed by atoms with E-state index in [0.29, 0.717) is 12.8 Å². The van der Waals surface area contributed by atoms with Crippen molar-refractivity contribution in [3.63, 3.8) is 0 Å². The molecule has 0 aromatic carbocycles.